The molecule has 0 spiro atoms. The van der Waals surface area contributed by atoms with Gasteiger partial charge in [-0.1, -0.05) is 16.9 Å². The van der Waals surface area contributed by atoms with Gasteiger partial charge in [0.15, 0.2) is 6.33 Å². The Morgan fingerprint density at radius 1 is 1.65 bits per heavy atom. The van der Waals surface area contributed by atoms with E-state index in [0.717, 1.165) is 0 Å². The number of thioether (sulfide) groups is 1. The molecule has 10 heteroatoms. The van der Waals surface area contributed by atoms with Crippen molar-refractivity contribution in [2.75, 3.05) is 7.11 Å². The van der Waals surface area contributed by atoms with Crippen molar-refractivity contribution in [3.05, 3.63) is 12.2 Å². The smallest absolute Gasteiger partial charge is 0.327 e. The quantitative estimate of drug-likeness (QED) is 0.517. The molecular formula is C7H8N6O3S. The third-order valence-corrected chi connectivity index (χ3v) is 2.68. The molecule has 0 amide bonds. The van der Waals surface area contributed by atoms with Gasteiger partial charge in [-0.15, -0.1) is 5.10 Å². The summed E-state index contributed by atoms with van der Waals surface area (Å²) in [5.41, 5.74) is 0. The van der Waals surface area contributed by atoms with Crippen LogP contribution in [0.2, 0.25) is 0 Å². The first-order valence-corrected chi connectivity index (χ1v) is 5.49. The minimum Gasteiger partial charge on any atom is -0.468 e. The molecule has 90 valence electrons. The van der Waals surface area contributed by atoms with Crippen LogP contribution in [0.25, 0.3) is 0 Å². The minimum absolute atomic E-state index is 0.0321. The number of ether oxygens (including phenoxy) is 1. The normalized spacial score (nSPS) is 10.4. The Balaban J connectivity index is 1.96. The number of aromatic nitrogens is 6. The largest absolute Gasteiger partial charge is 0.468 e. The van der Waals surface area contributed by atoms with E-state index in [-0.39, 0.29) is 6.54 Å². The van der Waals surface area contributed by atoms with Gasteiger partial charge in [0.05, 0.1) is 12.9 Å². The van der Waals surface area contributed by atoms with Gasteiger partial charge in [-0.25, -0.2) is 4.68 Å². The van der Waals surface area contributed by atoms with Crippen LogP contribution < -0.4 is 0 Å². The van der Waals surface area contributed by atoms with E-state index in [1.54, 1.807) is 0 Å². The monoisotopic (exact) mass is 256 g/mol. The minimum atomic E-state index is -0.419. The van der Waals surface area contributed by atoms with Gasteiger partial charge in [0.25, 0.3) is 0 Å². The molecule has 0 aliphatic carbocycles. The fraction of sp³-hybridized carbons (Fsp3) is 0.429. The summed E-state index contributed by atoms with van der Waals surface area (Å²) in [6.45, 7) is -0.0321. The highest BCUT2D eigenvalue weighted by Crippen LogP contribution is 2.18. The van der Waals surface area contributed by atoms with Crippen molar-refractivity contribution in [1.29, 1.82) is 0 Å². The predicted octanol–water partition coefficient (Wildman–Crippen LogP) is -0.479. The van der Waals surface area contributed by atoms with Crippen LogP contribution in [-0.2, 0) is 21.8 Å². The van der Waals surface area contributed by atoms with Crippen molar-refractivity contribution in [2.45, 2.75) is 17.5 Å². The van der Waals surface area contributed by atoms with E-state index in [1.807, 2.05) is 0 Å². The number of hydrogen-bond donors (Lipinski definition) is 0. The maximum Gasteiger partial charge on any atom is 0.327 e. The molecule has 0 saturated carbocycles. The summed E-state index contributed by atoms with van der Waals surface area (Å²) in [7, 11) is 1.30. The summed E-state index contributed by atoms with van der Waals surface area (Å²) in [5.74, 6) is 0.473. The second-order valence-corrected chi connectivity index (χ2v) is 3.76. The number of carbonyl (C=O) groups is 1. The molecule has 0 bridgehead atoms. The molecule has 9 nitrogen and oxygen atoms in total. The van der Waals surface area contributed by atoms with Crippen LogP contribution in [0.4, 0.5) is 0 Å². The second kappa shape index (κ2) is 5.39. The standard InChI is InChI=1S/C7H8N6O3S/c1-15-6(14)2-13-7(10-11-12-13)17-3-5-8-4-9-16-5/h4H,2-3H2,1H3. The van der Waals surface area contributed by atoms with Gasteiger partial charge in [-0.2, -0.15) is 4.98 Å². The average molecular weight is 256 g/mol. The van der Waals surface area contributed by atoms with Gasteiger partial charge in [-0.3, -0.25) is 4.79 Å². The molecule has 0 aromatic carbocycles. The highest BCUT2D eigenvalue weighted by atomic mass is 32.2. The van der Waals surface area contributed by atoms with E-state index in [0.29, 0.717) is 16.8 Å². The first-order valence-electron chi connectivity index (χ1n) is 4.51. The summed E-state index contributed by atoms with van der Waals surface area (Å²) in [5, 5.41) is 14.9. The van der Waals surface area contributed by atoms with Crippen molar-refractivity contribution >= 4 is 17.7 Å². The summed E-state index contributed by atoms with van der Waals surface area (Å²) in [4.78, 5) is 14.9. The molecule has 0 atom stereocenters. The Hall–Kier alpha value is -1.97. The van der Waals surface area contributed by atoms with E-state index >= 15 is 0 Å². The van der Waals surface area contributed by atoms with Gasteiger partial charge in [-0.05, 0) is 10.4 Å². The molecule has 17 heavy (non-hydrogen) atoms. The van der Waals surface area contributed by atoms with Gasteiger partial charge >= 0.3 is 5.97 Å². The highest BCUT2D eigenvalue weighted by molar-refractivity contribution is 7.98. The van der Waals surface area contributed by atoms with Crippen LogP contribution >= 0.6 is 11.8 Å². The number of carbonyl (C=O) groups excluding carboxylic acids is 1. The zero-order valence-corrected chi connectivity index (χ0v) is 9.62. The van der Waals surface area contributed by atoms with E-state index in [1.165, 1.54) is 29.9 Å². The number of methoxy groups -OCH3 is 1. The molecular weight excluding hydrogens is 248 g/mol. The molecule has 0 aliphatic heterocycles. The summed E-state index contributed by atoms with van der Waals surface area (Å²) >= 11 is 1.29. The van der Waals surface area contributed by atoms with Crippen molar-refractivity contribution < 1.29 is 14.1 Å². The second-order valence-electron chi connectivity index (χ2n) is 2.82. The molecule has 0 aliphatic rings. The fourth-order valence-corrected chi connectivity index (χ4v) is 1.70. The van der Waals surface area contributed by atoms with Crippen LogP contribution in [0.5, 0.6) is 0 Å². The van der Waals surface area contributed by atoms with E-state index < -0.39 is 5.97 Å². The number of hydrogen-bond acceptors (Lipinski definition) is 9. The molecule has 2 rings (SSSR count). The lowest BCUT2D eigenvalue weighted by molar-refractivity contribution is -0.141. The first kappa shape index (κ1) is 11.5. The molecule has 2 heterocycles. The fourth-order valence-electron chi connectivity index (χ4n) is 0.972. The van der Waals surface area contributed by atoms with Crippen molar-refractivity contribution in [3.8, 4) is 0 Å². The van der Waals surface area contributed by atoms with Crippen LogP contribution in [-0.4, -0.2) is 43.4 Å². The lowest BCUT2D eigenvalue weighted by Gasteiger charge is -2.00. The highest BCUT2D eigenvalue weighted by Gasteiger charge is 2.12. The Kier molecular flexibility index (Phi) is 3.65. The van der Waals surface area contributed by atoms with Gasteiger partial charge < -0.3 is 9.26 Å². The zero-order chi connectivity index (χ0) is 12.1. The summed E-state index contributed by atoms with van der Waals surface area (Å²) < 4.78 is 10.7. The number of rotatable bonds is 5. The van der Waals surface area contributed by atoms with Crippen LogP contribution in [0.15, 0.2) is 16.0 Å². The van der Waals surface area contributed by atoms with Crippen molar-refractivity contribution in [3.63, 3.8) is 0 Å². The van der Waals surface area contributed by atoms with Crippen LogP contribution in [0.1, 0.15) is 5.89 Å². The topological polar surface area (TPSA) is 109 Å². The Bertz CT molecular complexity index is 484. The predicted molar refractivity (Wildman–Crippen MR) is 53.7 cm³/mol. The van der Waals surface area contributed by atoms with Gasteiger partial charge in [0, 0.05) is 0 Å². The third-order valence-electron chi connectivity index (χ3n) is 1.74. The molecule has 0 saturated heterocycles. The third kappa shape index (κ3) is 3.00. The molecule has 0 fully saturated rings. The Labute approximate surface area is 99.5 Å². The van der Waals surface area contributed by atoms with Crippen molar-refractivity contribution in [2.24, 2.45) is 0 Å². The lowest BCUT2D eigenvalue weighted by atomic mass is 10.7. The molecule has 2 aromatic heterocycles. The number of esters is 1. The molecule has 0 radical (unpaired) electrons. The number of nitrogens with zero attached hydrogens (tertiary/aromatic N) is 6. The maximum absolute atomic E-state index is 11.1. The van der Waals surface area contributed by atoms with E-state index in [4.69, 9.17) is 4.52 Å². The first-order chi connectivity index (χ1) is 8.29. The Morgan fingerprint density at radius 3 is 3.24 bits per heavy atom. The van der Waals surface area contributed by atoms with Crippen LogP contribution in [0.3, 0.4) is 0 Å². The maximum atomic E-state index is 11.1. The van der Waals surface area contributed by atoms with Gasteiger partial charge in [0.2, 0.25) is 11.0 Å². The SMILES string of the molecule is COC(=O)Cn1nnnc1SCc1ncno1. The van der Waals surface area contributed by atoms with Gasteiger partial charge in [0.1, 0.15) is 6.54 Å². The average Bonchev–Trinajstić information content (AvgIpc) is 2.97. The zero-order valence-electron chi connectivity index (χ0n) is 8.81. The van der Waals surface area contributed by atoms with E-state index in [2.05, 4.69) is 30.4 Å². The molecule has 2 aromatic rings. The Morgan fingerprint density at radius 2 is 2.53 bits per heavy atom. The lowest BCUT2D eigenvalue weighted by Crippen LogP contribution is -2.13. The van der Waals surface area contributed by atoms with E-state index in [9.17, 15) is 4.79 Å². The molecule has 0 unspecified atom stereocenters. The summed E-state index contributed by atoms with van der Waals surface area (Å²) in [6, 6.07) is 0. The number of tetrazole rings is 1. The van der Waals surface area contributed by atoms with Crippen LogP contribution in [0, 0.1) is 0 Å². The van der Waals surface area contributed by atoms with Crippen molar-refractivity contribution in [1.82, 2.24) is 30.3 Å². The summed E-state index contributed by atoms with van der Waals surface area (Å²) in [6.07, 6.45) is 1.31. The molecule has 0 N–H and O–H groups in total.